The summed E-state index contributed by atoms with van der Waals surface area (Å²) in [7, 11) is 1.73. The van der Waals surface area contributed by atoms with E-state index in [0.717, 1.165) is 54.7 Å². The SMILES string of the molecule is COc1c(C)cnc(CN2CCc3c(ncn3C3CC3)C2)c1C. The van der Waals surface area contributed by atoms with E-state index < -0.39 is 0 Å². The lowest BCUT2D eigenvalue weighted by Crippen LogP contribution is -2.31. The van der Waals surface area contributed by atoms with Gasteiger partial charge < -0.3 is 9.30 Å². The fraction of sp³-hybridized carbons (Fsp3) is 0.556. The molecule has 5 heteroatoms. The molecular weight excluding hydrogens is 288 g/mol. The lowest BCUT2D eigenvalue weighted by molar-refractivity contribution is 0.235. The van der Waals surface area contributed by atoms with Crippen LogP contribution in [0.3, 0.4) is 0 Å². The van der Waals surface area contributed by atoms with Gasteiger partial charge in [0, 0.05) is 55.1 Å². The van der Waals surface area contributed by atoms with Gasteiger partial charge in [-0.1, -0.05) is 0 Å². The molecular formula is C18H24N4O. The third-order valence-corrected chi connectivity index (χ3v) is 5.08. The molecule has 0 amide bonds. The monoisotopic (exact) mass is 312 g/mol. The lowest BCUT2D eigenvalue weighted by atomic mass is 10.1. The predicted octanol–water partition coefficient (Wildman–Crippen LogP) is 2.80. The van der Waals surface area contributed by atoms with Gasteiger partial charge in [-0.15, -0.1) is 0 Å². The van der Waals surface area contributed by atoms with Crippen molar-refractivity contribution in [2.45, 2.75) is 52.2 Å². The number of methoxy groups -OCH3 is 1. The number of hydrogen-bond donors (Lipinski definition) is 0. The number of pyridine rings is 1. The van der Waals surface area contributed by atoms with Crippen LogP contribution in [0.4, 0.5) is 0 Å². The topological polar surface area (TPSA) is 43.2 Å². The second kappa shape index (κ2) is 5.64. The summed E-state index contributed by atoms with van der Waals surface area (Å²) < 4.78 is 7.93. The first-order valence-electron chi connectivity index (χ1n) is 8.43. The minimum atomic E-state index is 0.725. The van der Waals surface area contributed by atoms with Crippen LogP contribution >= 0.6 is 0 Å². The van der Waals surface area contributed by atoms with Gasteiger partial charge in [0.1, 0.15) is 5.75 Å². The summed E-state index contributed by atoms with van der Waals surface area (Å²) in [5.74, 6) is 0.964. The summed E-state index contributed by atoms with van der Waals surface area (Å²) in [5.41, 5.74) is 6.06. The molecule has 0 spiro atoms. The van der Waals surface area contributed by atoms with Gasteiger partial charge in [0.2, 0.25) is 0 Å². The van der Waals surface area contributed by atoms with E-state index in [1.807, 2.05) is 19.4 Å². The molecule has 0 radical (unpaired) electrons. The number of hydrogen-bond acceptors (Lipinski definition) is 4. The summed E-state index contributed by atoms with van der Waals surface area (Å²) >= 11 is 0. The average molecular weight is 312 g/mol. The van der Waals surface area contributed by atoms with E-state index in [0.29, 0.717) is 0 Å². The number of ether oxygens (including phenoxy) is 1. The minimum Gasteiger partial charge on any atom is -0.496 e. The van der Waals surface area contributed by atoms with Gasteiger partial charge in [-0.25, -0.2) is 4.98 Å². The quantitative estimate of drug-likeness (QED) is 0.871. The number of aryl methyl sites for hydroxylation is 1. The van der Waals surface area contributed by atoms with Gasteiger partial charge in [0.15, 0.2) is 0 Å². The third kappa shape index (κ3) is 2.63. The van der Waals surface area contributed by atoms with Gasteiger partial charge >= 0.3 is 0 Å². The van der Waals surface area contributed by atoms with Crippen LogP contribution in [0.2, 0.25) is 0 Å². The molecule has 0 bridgehead atoms. The maximum Gasteiger partial charge on any atom is 0.128 e. The Kier molecular flexibility index (Phi) is 3.60. The highest BCUT2D eigenvalue weighted by Gasteiger charge is 2.29. The van der Waals surface area contributed by atoms with E-state index in [2.05, 4.69) is 26.4 Å². The van der Waals surface area contributed by atoms with Crippen LogP contribution in [0, 0.1) is 13.8 Å². The summed E-state index contributed by atoms with van der Waals surface area (Å²) in [4.78, 5) is 11.7. The maximum absolute atomic E-state index is 5.52. The maximum atomic E-state index is 5.52. The van der Waals surface area contributed by atoms with Crippen molar-refractivity contribution in [1.82, 2.24) is 19.4 Å². The van der Waals surface area contributed by atoms with Crippen molar-refractivity contribution < 1.29 is 4.74 Å². The first-order valence-corrected chi connectivity index (χ1v) is 8.43. The van der Waals surface area contributed by atoms with E-state index in [1.54, 1.807) is 7.11 Å². The Morgan fingerprint density at radius 3 is 2.83 bits per heavy atom. The molecule has 0 saturated heterocycles. The van der Waals surface area contributed by atoms with Gasteiger partial charge in [-0.05, 0) is 26.7 Å². The summed E-state index contributed by atoms with van der Waals surface area (Å²) in [5, 5.41) is 0. The molecule has 1 aliphatic heterocycles. The first kappa shape index (κ1) is 14.7. The van der Waals surface area contributed by atoms with Crippen LogP contribution < -0.4 is 4.74 Å². The van der Waals surface area contributed by atoms with Crippen molar-refractivity contribution in [2.24, 2.45) is 0 Å². The smallest absolute Gasteiger partial charge is 0.128 e. The molecule has 4 rings (SSSR count). The second-order valence-electron chi connectivity index (χ2n) is 6.78. The van der Waals surface area contributed by atoms with E-state index in [4.69, 9.17) is 4.74 Å². The van der Waals surface area contributed by atoms with E-state index in [9.17, 15) is 0 Å². The van der Waals surface area contributed by atoms with Crippen LogP contribution in [0.25, 0.3) is 0 Å². The zero-order chi connectivity index (χ0) is 16.0. The molecule has 5 nitrogen and oxygen atoms in total. The van der Waals surface area contributed by atoms with E-state index in [-0.39, 0.29) is 0 Å². The summed E-state index contributed by atoms with van der Waals surface area (Å²) in [6.07, 6.45) is 7.69. The van der Waals surface area contributed by atoms with Gasteiger partial charge in [-0.2, -0.15) is 0 Å². The van der Waals surface area contributed by atoms with Crippen LogP contribution in [-0.4, -0.2) is 33.1 Å². The molecule has 122 valence electrons. The fourth-order valence-corrected chi connectivity index (χ4v) is 3.63. The predicted molar refractivity (Wildman–Crippen MR) is 88.6 cm³/mol. The van der Waals surface area contributed by atoms with E-state index >= 15 is 0 Å². The highest BCUT2D eigenvalue weighted by molar-refractivity contribution is 5.41. The van der Waals surface area contributed by atoms with Crippen LogP contribution in [0.15, 0.2) is 12.5 Å². The number of rotatable bonds is 4. The second-order valence-corrected chi connectivity index (χ2v) is 6.78. The molecule has 0 atom stereocenters. The average Bonchev–Trinajstić information content (AvgIpc) is 3.30. The number of fused-ring (bicyclic) bond motifs is 1. The molecule has 2 aromatic rings. The molecule has 0 aromatic carbocycles. The molecule has 2 aromatic heterocycles. The van der Waals surface area contributed by atoms with E-state index in [1.165, 1.54) is 24.2 Å². The van der Waals surface area contributed by atoms with Crippen molar-refractivity contribution in [3.05, 3.63) is 40.7 Å². The Balaban J connectivity index is 1.52. The Morgan fingerprint density at radius 1 is 1.26 bits per heavy atom. The van der Waals surface area contributed by atoms with Crippen molar-refractivity contribution in [2.75, 3.05) is 13.7 Å². The number of imidazole rings is 1. The third-order valence-electron chi connectivity index (χ3n) is 5.08. The highest BCUT2D eigenvalue weighted by Crippen LogP contribution is 2.37. The fourth-order valence-electron chi connectivity index (χ4n) is 3.63. The zero-order valence-corrected chi connectivity index (χ0v) is 14.2. The van der Waals surface area contributed by atoms with Crippen LogP contribution in [-0.2, 0) is 19.5 Å². The molecule has 1 saturated carbocycles. The van der Waals surface area contributed by atoms with Crippen LogP contribution in [0.5, 0.6) is 5.75 Å². The Bertz CT molecular complexity index is 733. The molecule has 0 N–H and O–H groups in total. The van der Waals surface area contributed by atoms with Crippen molar-refractivity contribution in [3.63, 3.8) is 0 Å². The largest absolute Gasteiger partial charge is 0.496 e. The molecule has 0 unspecified atom stereocenters. The first-order chi connectivity index (χ1) is 11.2. The Hall–Kier alpha value is -1.88. The molecule has 3 heterocycles. The lowest BCUT2D eigenvalue weighted by Gasteiger charge is -2.27. The molecule has 23 heavy (non-hydrogen) atoms. The zero-order valence-electron chi connectivity index (χ0n) is 14.2. The molecule has 1 fully saturated rings. The normalized spacial score (nSPS) is 18.0. The van der Waals surface area contributed by atoms with Crippen LogP contribution in [0.1, 0.15) is 47.1 Å². The van der Waals surface area contributed by atoms with Gasteiger partial charge in [-0.3, -0.25) is 9.88 Å². The standard InChI is InChI=1S/C18H24N4O/c1-12-8-19-15(13(2)18(12)23-3)9-21-7-6-17-16(10-21)20-11-22(17)14-4-5-14/h8,11,14H,4-7,9-10H2,1-3H3. The summed E-state index contributed by atoms with van der Waals surface area (Å²) in [6.45, 7) is 7.00. The summed E-state index contributed by atoms with van der Waals surface area (Å²) in [6, 6.07) is 0.725. The number of nitrogens with zero attached hydrogens (tertiary/aromatic N) is 4. The Morgan fingerprint density at radius 2 is 2.09 bits per heavy atom. The van der Waals surface area contributed by atoms with Gasteiger partial charge in [0.05, 0.1) is 24.8 Å². The number of aromatic nitrogens is 3. The Labute approximate surface area is 137 Å². The molecule has 2 aliphatic rings. The van der Waals surface area contributed by atoms with Crippen molar-refractivity contribution in [1.29, 1.82) is 0 Å². The van der Waals surface area contributed by atoms with Crippen molar-refractivity contribution >= 4 is 0 Å². The molecule has 1 aliphatic carbocycles. The van der Waals surface area contributed by atoms with Crippen molar-refractivity contribution in [3.8, 4) is 5.75 Å². The highest BCUT2D eigenvalue weighted by atomic mass is 16.5. The minimum absolute atomic E-state index is 0.725. The van der Waals surface area contributed by atoms with Gasteiger partial charge in [0.25, 0.3) is 0 Å².